The second kappa shape index (κ2) is 74.6. The summed E-state index contributed by atoms with van der Waals surface area (Å²) in [5.74, 6) is -0.981. The quantitative estimate of drug-likeness (QED) is 0.246. The zero-order valence-corrected chi connectivity index (χ0v) is 57.8. The van der Waals surface area contributed by atoms with Crippen LogP contribution in [0.3, 0.4) is 0 Å². The van der Waals surface area contributed by atoms with Crippen molar-refractivity contribution in [3.8, 4) is 0 Å². The molecule has 0 amide bonds. The fourth-order valence-corrected chi connectivity index (χ4v) is 13.9. The number of aliphatic carboxylic acids is 1. The van der Waals surface area contributed by atoms with Gasteiger partial charge in [-0.05, 0) is 12.8 Å². The largest absolute Gasteiger partial charge is 0.478 e. The zero-order valence-electron chi connectivity index (χ0n) is 57.8. The van der Waals surface area contributed by atoms with Crippen molar-refractivity contribution in [2.45, 2.75) is 475 Å². The number of carbonyl (C=O) groups is 1. The molecule has 0 spiro atoms. The second-order valence-corrected chi connectivity index (χ2v) is 28.3. The van der Waals surface area contributed by atoms with Gasteiger partial charge in [-0.3, -0.25) is 0 Å². The van der Waals surface area contributed by atoms with E-state index in [-0.39, 0.29) is 18.6 Å². The average Bonchev–Trinajstić information content (AvgIpc) is 3.60. The second-order valence-electron chi connectivity index (χ2n) is 28.3. The summed E-state index contributed by atoms with van der Waals surface area (Å²) in [4.78, 5) is 9.25. The average molecular weight is 1180 g/mol. The minimum Gasteiger partial charge on any atom is -0.478 e. The number of aliphatic hydroxyl groups excluding tert-OH is 2. The van der Waals surface area contributed by atoms with E-state index in [1.807, 2.05) is 0 Å². The molecule has 5 rings (SSSR count). The van der Waals surface area contributed by atoms with Gasteiger partial charge >= 0.3 is 5.97 Å². The summed E-state index contributed by atoms with van der Waals surface area (Å²) in [5, 5.41) is 26.9. The maximum Gasteiger partial charge on any atom is 0.327 e. The molecular weight excluding hydrogens is 1020 g/mol. The van der Waals surface area contributed by atoms with E-state index >= 15 is 0 Å². The van der Waals surface area contributed by atoms with Gasteiger partial charge in [-0.2, -0.15) is 0 Å². The summed E-state index contributed by atoms with van der Waals surface area (Å²) in [6.45, 7) is 3.27. The van der Waals surface area contributed by atoms with E-state index in [4.69, 9.17) is 5.11 Å². The summed E-state index contributed by atoms with van der Waals surface area (Å²) in [6.07, 6.45) is 109. The Kier molecular flexibility index (Phi) is 73.8. The van der Waals surface area contributed by atoms with Gasteiger partial charge in [0.15, 0.2) is 0 Å². The van der Waals surface area contributed by atoms with Crippen molar-refractivity contribution < 1.29 is 20.1 Å². The van der Waals surface area contributed by atoms with Gasteiger partial charge in [-0.15, -0.1) is 0 Å². The molecule has 84 heavy (non-hydrogen) atoms. The fraction of sp³-hybridized carbons (Fsp3) is 0.963. The van der Waals surface area contributed by atoms with Gasteiger partial charge in [0.25, 0.3) is 0 Å². The maximum atomic E-state index is 9.63. The lowest BCUT2D eigenvalue weighted by Crippen LogP contribution is -2.29. The first-order chi connectivity index (χ1) is 41.6. The van der Waals surface area contributed by atoms with Gasteiger partial charge in [0.1, 0.15) is 0 Å². The maximum absolute atomic E-state index is 9.63. The molecule has 0 aromatic heterocycles. The van der Waals surface area contributed by atoms with E-state index in [0.717, 1.165) is 18.9 Å². The third-order valence-corrected chi connectivity index (χ3v) is 20.0. The Labute approximate surface area is 529 Å². The van der Waals surface area contributed by atoms with Crippen molar-refractivity contribution in [3.63, 3.8) is 0 Å². The summed E-state index contributed by atoms with van der Waals surface area (Å²) in [5.41, 5.74) is -0.194. The van der Waals surface area contributed by atoms with Crippen LogP contribution < -0.4 is 0 Å². The molecule has 5 aliphatic rings. The Morgan fingerprint density at radius 3 is 0.345 bits per heavy atom. The summed E-state index contributed by atoms with van der Waals surface area (Å²) in [6, 6.07) is 0. The predicted octanol–water partition coefficient (Wildman–Crippen LogP) is 28.1. The van der Waals surface area contributed by atoms with Crippen LogP contribution >= 0.6 is 0 Å². The lowest BCUT2D eigenvalue weighted by molar-refractivity contribution is -0.131. The molecule has 0 saturated heterocycles. The highest BCUT2D eigenvalue weighted by Crippen LogP contribution is 2.32. The van der Waals surface area contributed by atoms with Crippen LogP contribution in [-0.2, 0) is 4.79 Å². The molecule has 3 N–H and O–H groups in total. The van der Waals surface area contributed by atoms with Crippen molar-refractivity contribution in [1.29, 1.82) is 0 Å². The highest BCUT2D eigenvalue weighted by atomic mass is 16.4. The summed E-state index contributed by atoms with van der Waals surface area (Å²) < 4.78 is 0. The van der Waals surface area contributed by atoms with E-state index in [1.54, 1.807) is 0 Å². The zero-order chi connectivity index (χ0) is 60.5. The Morgan fingerprint density at radius 2 is 0.286 bits per heavy atom. The lowest BCUT2D eigenvalue weighted by atomic mass is 9.79. The molecular formula is C80H158O4. The van der Waals surface area contributed by atoms with Crippen molar-refractivity contribution in [1.82, 2.24) is 0 Å². The molecule has 0 bridgehead atoms. The molecule has 4 nitrogen and oxygen atoms in total. The standard InChI is InChI=1S/C17H34O2.4C15H30.C3H4O2/c18-15-17(16-19)13-11-9-7-5-3-1-2-4-6-8-10-12-14-17;4*1-2-4-6-8-10-12-14-15-13-11-9-7-5-3-1;1-2-3(4)5/h18-19H,1-16H2;4*1-15H2;2H,1H2,(H,4,5). The van der Waals surface area contributed by atoms with E-state index in [1.165, 1.54) is 462 Å². The molecule has 502 valence electrons. The first-order valence-electron chi connectivity index (χ1n) is 39.7. The third-order valence-electron chi connectivity index (χ3n) is 20.0. The van der Waals surface area contributed by atoms with Crippen LogP contribution in [0.4, 0.5) is 0 Å². The molecule has 0 unspecified atom stereocenters. The molecule has 0 radical (unpaired) electrons. The lowest BCUT2D eigenvalue weighted by Gasteiger charge is -2.30. The Balaban J connectivity index is 0.00000101. The van der Waals surface area contributed by atoms with Gasteiger partial charge < -0.3 is 15.3 Å². The highest BCUT2D eigenvalue weighted by molar-refractivity contribution is 5.78. The first-order valence-corrected chi connectivity index (χ1v) is 39.7. The molecule has 5 fully saturated rings. The van der Waals surface area contributed by atoms with Crippen LogP contribution in [-0.4, -0.2) is 34.5 Å². The Bertz CT molecular complexity index is 823. The normalized spacial score (nSPS) is 23.0. The predicted molar refractivity (Wildman–Crippen MR) is 376 cm³/mol. The number of carboxylic acids is 1. The molecule has 0 aromatic rings. The van der Waals surface area contributed by atoms with Gasteiger partial charge in [-0.25, -0.2) is 4.79 Å². The van der Waals surface area contributed by atoms with Crippen molar-refractivity contribution >= 4 is 5.97 Å². The SMILES string of the molecule is C1CCCCCCCCCCCCCC1.C1CCCCCCCCCCCCCC1.C1CCCCCCCCCCCCCC1.C1CCCCCCCCCCCCCC1.C=CC(=O)O.OCC1(CO)CCCCCCCCCCCCCC1. The highest BCUT2D eigenvalue weighted by Gasteiger charge is 2.27. The van der Waals surface area contributed by atoms with E-state index in [2.05, 4.69) is 6.58 Å². The van der Waals surface area contributed by atoms with Gasteiger partial charge in [0.05, 0.1) is 13.2 Å². The fourth-order valence-electron chi connectivity index (χ4n) is 13.9. The minimum atomic E-state index is -0.981. The Morgan fingerprint density at radius 1 is 0.214 bits per heavy atom. The van der Waals surface area contributed by atoms with Crippen LogP contribution in [0.15, 0.2) is 12.7 Å². The summed E-state index contributed by atoms with van der Waals surface area (Å²) >= 11 is 0. The van der Waals surface area contributed by atoms with Crippen molar-refractivity contribution in [3.05, 3.63) is 12.7 Å². The Hall–Kier alpha value is -0.870. The monoisotopic (exact) mass is 1180 g/mol. The topological polar surface area (TPSA) is 77.8 Å². The molecule has 0 aromatic carbocycles. The number of aliphatic hydroxyl groups is 2. The molecule has 5 saturated carbocycles. The van der Waals surface area contributed by atoms with Crippen molar-refractivity contribution in [2.75, 3.05) is 13.2 Å². The molecule has 0 atom stereocenters. The number of carboxylic acid groups (broad SMARTS) is 1. The molecule has 4 heteroatoms. The van der Waals surface area contributed by atoms with Crippen LogP contribution in [0, 0.1) is 5.41 Å². The molecule has 0 heterocycles. The van der Waals surface area contributed by atoms with Crippen LogP contribution in [0.1, 0.15) is 475 Å². The van der Waals surface area contributed by atoms with Crippen LogP contribution in [0.25, 0.3) is 0 Å². The first kappa shape index (κ1) is 83.1. The molecule has 0 aliphatic heterocycles. The number of hydrogen-bond donors (Lipinski definition) is 3. The van der Waals surface area contributed by atoms with E-state index < -0.39 is 5.97 Å². The molecule has 5 aliphatic carbocycles. The smallest absolute Gasteiger partial charge is 0.327 e. The third kappa shape index (κ3) is 70.2. The van der Waals surface area contributed by atoms with Gasteiger partial charge in [0, 0.05) is 11.5 Å². The van der Waals surface area contributed by atoms with E-state index in [0.29, 0.717) is 0 Å². The van der Waals surface area contributed by atoms with Crippen LogP contribution in [0.5, 0.6) is 0 Å². The number of rotatable bonds is 3. The summed E-state index contributed by atoms with van der Waals surface area (Å²) in [7, 11) is 0. The minimum absolute atomic E-state index is 0.156. The number of hydrogen-bond acceptors (Lipinski definition) is 3. The van der Waals surface area contributed by atoms with Crippen LogP contribution in [0.2, 0.25) is 0 Å². The van der Waals surface area contributed by atoms with Gasteiger partial charge in [0.2, 0.25) is 0 Å². The van der Waals surface area contributed by atoms with Crippen molar-refractivity contribution in [2.24, 2.45) is 5.41 Å². The van der Waals surface area contributed by atoms with E-state index in [9.17, 15) is 15.0 Å². The van der Waals surface area contributed by atoms with Gasteiger partial charge in [-0.1, -0.05) is 469 Å².